The molecule has 0 saturated heterocycles. The van der Waals surface area contributed by atoms with Gasteiger partial charge in [0.2, 0.25) is 5.91 Å². The molecule has 1 aromatic carbocycles. The average molecular weight is 303 g/mol. The number of amides is 1. The van der Waals surface area contributed by atoms with E-state index in [0.717, 1.165) is 0 Å². The van der Waals surface area contributed by atoms with E-state index >= 15 is 0 Å². The van der Waals surface area contributed by atoms with E-state index < -0.39 is 11.4 Å². The Morgan fingerprint density at radius 3 is 2.53 bits per heavy atom. The first-order valence-electron chi connectivity index (χ1n) is 5.30. The molecule has 1 amide bonds. The molecule has 1 aromatic rings. The maximum atomic E-state index is 13.2. The zero-order valence-corrected chi connectivity index (χ0v) is 11.6. The zero-order valence-electron chi connectivity index (χ0n) is 10.1. The quantitative estimate of drug-likeness (QED) is 0.896. The molecule has 0 fully saturated rings. The van der Waals surface area contributed by atoms with Crippen LogP contribution in [0.15, 0.2) is 22.7 Å². The maximum Gasteiger partial charge on any atom is 0.242 e. The summed E-state index contributed by atoms with van der Waals surface area (Å²) in [6, 6.07) is 4.51. The molecule has 94 valence electrons. The molecule has 0 spiro atoms. The molecule has 0 aromatic heterocycles. The van der Waals surface area contributed by atoms with Crippen molar-refractivity contribution < 1.29 is 9.18 Å². The number of nitrogens with one attached hydrogen (secondary N) is 1. The van der Waals surface area contributed by atoms with Crippen LogP contribution in [0.4, 0.5) is 4.39 Å². The van der Waals surface area contributed by atoms with Gasteiger partial charge in [-0.2, -0.15) is 0 Å². The first-order chi connectivity index (χ1) is 7.77. The summed E-state index contributed by atoms with van der Waals surface area (Å²) >= 11 is 3.10. The Hall–Kier alpha value is -0.940. The molecular formula is C12H16BrFN2O. The molecule has 1 rings (SSSR count). The first-order valence-corrected chi connectivity index (χ1v) is 6.10. The lowest BCUT2D eigenvalue weighted by molar-refractivity contribution is -0.124. The highest BCUT2D eigenvalue weighted by Crippen LogP contribution is 2.26. The van der Waals surface area contributed by atoms with Crippen LogP contribution >= 0.6 is 15.9 Å². The Labute approximate surface area is 109 Å². The van der Waals surface area contributed by atoms with Gasteiger partial charge in [-0.15, -0.1) is 0 Å². The van der Waals surface area contributed by atoms with Gasteiger partial charge in [-0.1, -0.05) is 6.07 Å². The number of hydrogen-bond donors (Lipinski definition) is 2. The van der Waals surface area contributed by atoms with Crippen molar-refractivity contribution in [1.29, 1.82) is 0 Å². The van der Waals surface area contributed by atoms with Crippen LogP contribution in [0.25, 0.3) is 0 Å². The highest BCUT2D eigenvalue weighted by Gasteiger charge is 2.33. The lowest BCUT2D eigenvalue weighted by Gasteiger charge is -2.30. The van der Waals surface area contributed by atoms with Gasteiger partial charge < -0.3 is 5.73 Å². The van der Waals surface area contributed by atoms with E-state index in [-0.39, 0.29) is 11.9 Å². The largest absolute Gasteiger partial charge is 0.368 e. The second-order valence-electron chi connectivity index (χ2n) is 4.42. The Bertz CT molecular complexity index is 437. The number of benzene rings is 1. The van der Waals surface area contributed by atoms with Gasteiger partial charge in [0.05, 0.1) is 4.47 Å². The average Bonchev–Trinajstić information content (AvgIpc) is 2.20. The van der Waals surface area contributed by atoms with Gasteiger partial charge in [-0.05, 0) is 54.4 Å². The number of nitrogens with two attached hydrogens (primary N) is 1. The monoisotopic (exact) mass is 302 g/mol. The van der Waals surface area contributed by atoms with E-state index in [1.54, 1.807) is 19.1 Å². The minimum atomic E-state index is -1.01. The van der Waals surface area contributed by atoms with Crippen molar-refractivity contribution in [3.63, 3.8) is 0 Å². The van der Waals surface area contributed by atoms with Gasteiger partial charge in [0.1, 0.15) is 11.4 Å². The Balaban J connectivity index is 3.22. The molecule has 0 heterocycles. The summed E-state index contributed by atoms with van der Waals surface area (Å²) in [6.07, 6.45) is 0. The summed E-state index contributed by atoms with van der Waals surface area (Å²) in [6.45, 7) is 5.52. The molecule has 0 aliphatic rings. The zero-order chi connectivity index (χ0) is 13.2. The predicted octanol–water partition coefficient (Wildman–Crippen LogP) is 2.29. The summed E-state index contributed by atoms with van der Waals surface area (Å²) in [5, 5.41) is 3.10. The standard InChI is InChI=1S/C12H16BrFN2O/c1-7(2)16-12(3,11(15)17)8-4-5-10(14)9(13)6-8/h4-7,16H,1-3H3,(H2,15,17). The molecule has 0 aliphatic carbocycles. The first kappa shape index (κ1) is 14.1. The topological polar surface area (TPSA) is 55.1 Å². The van der Waals surface area contributed by atoms with Crippen molar-refractivity contribution in [3.8, 4) is 0 Å². The molecule has 0 saturated carbocycles. The summed E-state index contributed by atoms with van der Waals surface area (Å²) in [7, 11) is 0. The maximum absolute atomic E-state index is 13.2. The second kappa shape index (κ2) is 5.14. The van der Waals surface area contributed by atoms with Crippen molar-refractivity contribution in [2.75, 3.05) is 0 Å². The van der Waals surface area contributed by atoms with Gasteiger partial charge >= 0.3 is 0 Å². The normalized spacial score (nSPS) is 14.7. The highest BCUT2D eigenvalue weighted by atomic mass is 79.9. The van der Waals surface area contributed by atoms with Crippen LogP contribution in [-0.4, -0.2) is 11.9 Å². The van der Waals surface area contributed by atoms with Crippen LogP contribution in [0.5, 0.6) is 0 Å². The van der Waals surface area contributed by atoms with Crippen LogP contribution < -0.4 is 11.1 Å². The smallest absolute Gasteiger partial charge is 0.242 e. The van der Waals surface area contributed by atoms with E-state index in [2.05, 4.69) is 21.2 Å². The lowest BCUT2D eigenvalue weighted by Crippen LogP contribution is -2.52. The van der Waals surface area contributed by atoms with Crippen molar-refractivity contribution in [2.24, 2.45) is 5.73 Å². The fourth-order valence-electron chi connectivity index (χ4n) is 1.68. The summed E-state index contributed by atoms with van der Waals surface area (Å²) < 4.78 is 13.5. The van der Waals surface area contributed by atoms with Crippen molar-refractivity contribution in [2.45, 2.75) is 32.4 Å². The number of carbonyl (C=O) groups is 1. The van der Waals surface area contributed by atoms with Gasteiger partial charge in [0.25, 0.3) is 0 Å². The number of halogens is 2. The molecule has 0 aliphatic heterocycles. The predicted molar refractivity (Wildman–Crippen MR) is 68.9 cm³/mol. The van der Waals surface area contributed by atoms with Gasteiger partial charge in [-0.3, -0.25) is 10.1 Å². The third-order valence-corrected chi connectivity index (χ3v) is 3.17. The van der Waals surface area contributed by atoms with Crippen molar-refractivity contribution >= 4 is 21.8 Å². The van der Waals surface area contributed by atoms with Crippen molar-refractivity contribution in [1.82, 2.24) is 5.32 Å². The second-order valence-corrected chi connectivity index (χ2v) is 5.27. The van der Waals surface area contributed by atoms with E-state index in [4.69, 9.17) is 5.73 Å². The molecule has 0 radical (unpaired) electrons. The molecule has 3 nitrogen and oxygen atoms in total. The van der Waals surface area contributed by atoms with E-state index in [1.165, 1.54) is 6.07 Å². The number of primary amides is 1. The molecule has 17 heavy (non-hydrogen) atoms. The van der Waals surface area contributed by atoms with Gasteiger partial charge in [0.15, 0.2) is 0 Å². The highest BCUT2D eigenvalue weighted by molar-refractivity contribution is 9.10. The summed E-state index contributed by atoms with van der Waals surface area (Å²) in [4.78, 5) is 11.6. The number of rotatable bonds is 4. The lowest BCUT2D eigenvalue weighted by atomic mass is 9.90. The van der Waals surface area contributed by atoms with Crippen LogP contribution in [0, 0.1) is 5.82 Å². The molecule has 3 N–H and O–H groups in total. The number of carbonyl (C=O) groups excluding carboxylic acids is 1. The molecule has 0 bridgehead atoms. The fraction of sp³-hybridized carbons (Fsp3) is 0.417. The van der Waals surface area contributed by atoms with Crippen LogP contribution in [0.1, 0.15) is 26.3 Å². The summed E-state index contributed by atoms with van der Waals surface area (Å²) in [5.41, 5.74) is 5.05. The van der Waals surface area contributed by atoms with Crippen LogP contribution in [-0.2, 0) is 10.3 Å². The van der Waals surface area contributed by atoms with Crippen LogP contribution in [0.2, 0.25) is 0 Å². The van der Waals surface area contributed by atoms with Crippen molar-refractivity contribution in [3.05, 3.63) is 34.1 Å². The minimum absolute atomic E-state index is 0.0799. The Kier molecular flexibility index (Phi) is 4.27. The van der Waals surface area contributed by atoms with E-state index in [1.807, 2.05) is 13.8 Å². The number of hydrogen-bond acceptors (Lipinski definition) is 2. The molecule has 1 unspecified atom stereocenters. The fourth-order valence-corrected chi connectivity index (χ4v) is 2.06. The SMILES string of the molecule is CC(C)NC(C)(C(N)=O)c1ccc(F)c(Br)c1. The molecule has 1 atom stereocenters. The summed E-state index contributed by atoms with van der Waals surface area (Å²) in [5.74, 6) is -0.866. The third kappa shape index (κ3) is 3.04. The molecular weight excluding hydrogens is 287 g/mol. The Morgan fingerprint density at radius 2 is 2.12 bits per heavy atom. The molecule has 5 heteroatoms. The Morgan fingerprint density at radius 1 is 1.53 bits per heavy atom. The van der Waals surface area contributed by atoms with E-state index in [0.29, 0.717) is 10.0 Å². The third-order valence-electron chi connectivity index (χ3n) is 2.57. The van der Waals surface area contributed by atoms with Gasteiger partial charge in [-0.25, -0.2) is 4.39 Å². The minimum Gasteiger partial charge on any atom is -0.368 e. The van der Waals surface area contributed by atoms with Crippen LogP contribution in [0.3, 0.4) is 0 Å². The van der Waals surface area contributed by atoms with E-state index in [9.17, 15) is 9.18 Å². The van der Waals surface area contributed by atoms with Gasteiger partial charge in [0, 0.05) is 6.04 Å².